The molecule has 2 rings (SSSR count). The lowest BCUT2D eigenvalue weighted by atomic mass is 9.81. The molecule has 1 aliphatic carbocycles. The van der Waals surface area contributed by atoms with Gasteiger partial charge in [-0.25, -0.2) is 4.98 Å². The predicted octanol–water partition coefficient (Wildman–Crippen LogP) is 4.26. The van der Waals surface area contributed by atoms with Gasteiger partial charge in [0, 0.05) is 5.92 Å². The van der Waals surface area contributed by atoms with Gasteiger partial charge >= 0.3 is 6.18 Å². The highest BCUT2D eigenvalue weighted by Gasteiger charge is 2.42. The average molecular weight is 291 g/mol. The monoisotopic (exact) mass is 291 g/mol. The van der Waals surface area contributed by atoms with Crippen LogP contribution in [0.3, 0.4) is 0 Å². The molecule has 0 aromatic carbocycles. The first-order valence-corrected chi connectivity index (χ1v) is 7.04. The maximum atomic E-state index is 12.6. The smallest absolute Gasteiger partial charge is 0.391 e. The molecule has 1 N–H and O–H groups in total. The zero-order valence-corrected chi connectivity index (χ0v) is 11.7. The quantitative estimate of drug-likeness (QED) is 0.905. The summed E-state index contributed by atoms with van der Waals surface area (Å²) in [5.74, 6) is -0.341. The third-order valence-corrected chi connectivity index (χ3v) is 4.08. The maximum Gasteiger partial charge on any atom is 0.391 e. The van der Waals surface area contributed by atoms with E-state index in [0.717, 1.165) is 0 Å². The van der Waals surface area contributed by atoms with Gasteiger partial charge in [0.2, 0.25) is 0 Å². The molecule has 3 nitrogen and oxygen atoms in total. The van der Waals surface area contributed by atoms with Gasteiger partial charge in [-0.2, -0.15) is 13.2 Å². The minimum Gasteiger partial charge on any atom is -0.442 e. The van der Waals surface area contributed by atoms with Crippen LogP contribution < -0.4 is 0 Å². The molecule has 1 heterocycles. The lowest BCUT2D eigenvalue weighted by Crippen LogP contribution is -2.27. The largest absolute Gasteiger partial charge is 0.442 e. The van der Waals surface area contributed by atoms with E-state index in [1.54, 1.807) is 6.92 Å². The minimum absolute atomic E-state index is 0.0647. The molecule has 6 heteroatoms. The van der Waals surface area contributed by atoms with Gasteiger partial charge < -0.3 is 9.52 Å². The number of oxazole rings is 1. The van der Waals surface area contributed by atoms with Crippen LogP contribution in [0.15, 0.2) is 4.42 Å². The molecule has 0 bridgehead atoms. The van der Waals surface area contributed by atoms with E-state index in [9.17, 15) is 18.3 Å². The van der Waals surface area contributed by atoms with E-state index >= 15 is 0 Å². The third kappa shape index (κ3) is 3.16. The van der Waals surface area contributed by atoms with E-state index in [2.05, 4.69) is 4.98 Å². The standard InChI is InChI=1S/C14H20F3NO2/c1-3-11(19)12-8(2)18-13(20-12)9-4-6-10(7-5-9)14(15,16)17/h9-11,19H,3-7H2,1-2H3/t9-,10-,11?. The van der Waals surface area contributed by atoms with Crippen LogP contribution in [0, 0.1) is 12.8 Å². The van der Waals surface area contributed by atoms with Gasteiger partial charge in [-0.1, -0.05) is 6.92 Å². The number of hydrogen-bond donors (Lipinski definition) is 1. The summed E-state index contributed by atoms with van der Waals surface area (Å²) in [7, 11) is 0. The van der Waals surface area contributed by atoms with Crippen LogP contribution in [0.1, 0.15) is 68.4 Å². The molecule has 0 spiro atoms. The van der Waals surface area contributed by atoms with Crippen molar-refractivity contribution in [3.05, 3.63) is 17.3 Å². The number of nitrogens with zero attached hydrogens (tertiary/aromatic N) is 1. The number of aliphatic hydroxyl groups is 1. The Bertz CT molecular complexity index is 448. The summed E-state index contributed by atoms with van der Waals surface area (Å²) in [5.41, 5.74) is 0.632. The summed E-state index contributed by atoms with van der Waals surface area (Å²) in [6, 6.07) is 0. The number of rotatable bonds is 3. The summed E-state index contributed by atoms with van der Waals surface area (Å²) in [6.45, 7) is 3.59. The van der Waals surface area contributed by atoms with E-state index in [0.29, 0.717) is 36.6 Å². The topological polar surface area (TPSA) is 46.3 Å². The van der Waals surface area contributed by atoms with E-state index < -0.39 is 18.2 Å². The Morgan fingerprint density at radius 2 is 1.90 bits per heavy atom. The molecular formula is C14H20F3NO2. The molecule has 1 saturated carbocycles. The van der Waals surface area contributed by atoms with Crippen LogP contribution in [0.25, 0.3) is 0 Å². The number of aromatic nitrogens is 1. The van der Waals surface area contributed by atoms with Crippen molar-refractivity contribution < 1.29 is 22.7 Å². The van der Waals surface area contributed by atoms with E-state index in [4.69, 9.17) is 4.42 Å². The van der Waals surface area contributed by atoms with Crippen molar-refractivity contribution in [1.29, 1.82) is 0 Å². The lowest BCUT2D eigenvalue weighted by molar-refractivity contribution is -0.182. The van der Waals surface area contributed by atoms with Crippen LogP contribution in [-0.2, 0) is 0 Å². The molecule has 1 atom stereocenters. The van der Waals surface area contributed by atoms with Gasteiger partial charge in [0.05, 0.1) is 11.6 Å². The molecule has 1 unspecified atom stereocenters. The van der Waals surface area contributed by atoms with Gasteiger partial charge in [-0.3, -0.25) is 0 Å². The van der Waals surface area contributed by atoms with Crippen molar-refractivity contribution in [2.75, 3.05) is 0 Å². The Hall–Kier alpha value is -1.04. The average Bonchev–Trinajstić information content (AvgIpc) is 2.79. The number of aryl methyl sites for hydroxylation is 1. The number of alkyl halides is 3. The molecule has 114 valence electrons. The van der Waals surface area contributed by atoms with Crippen molar-refractivity contribution in [2.45, 2.75) is 64.1 Å². The molecule has 0 amide bonds. The normalized spacial score (nSPS) is 25.7. The predicted molar refractivity (Wildman–Crippen MR) is 67.2 cm³/mol. The van der Waals surface area contributed by atoms with Crippen molar-refractivity contribution in [3.63, 3.8) is 0 Å². The van der Waals surface area contributed by atoms with E-state index in [1.807, 2.05) is 6.92 Å². The first-order valence-electron chi connectivity index (χ1n) is 7.04. The number of aliphatic hydroxyl groups excluding tert-OH is 1. The Balaban J connectivity index is 2.04. The summed E-state index contributed by atoms with van der Waals surface area (Å²) >= 11 is 0. The zero-order chi connectivity index (χ0) is 14.9. The van der Waals surface area contributed by atoms with Crippen molar-refractivity contribution in [3.8, 4) is 0 Å². The van der Waals surface area contributed by atoms with Crippen LogP contribution in [-0.4, -0.2) is 16.3 Å². The van der Waals surface area contributed by atoms with Gasteiger partial charge in [0.25, 0.3) is 0 Å². The zero-order valence-electron chi connectivity index (χ0n) is 11.7. The molecule has 1 aliphatic rings. The molecule has 0 aliphatic heterocycles. The van der Waals surface area contributed by atoms with Gasteiger partial charge in [0.15, 0.2) is 11.7 Å². The third-order valence-electron chi connectivity index (χ3n) is 4.08. The first kappa shape index (κ1) is 15.4. The van der Waals surface area contributed by atoms with E-state index in [-0.39, 0.29) is 18.8 Å². The van der Waals surface area contributed by atoms with Crippen molar-refractivity contribution in [2.24, 2.45) is 5.92 Å². The lowest BCUT2D eigenvalue weighted by Gasteiger charge is -2.28. The Morgan fingerprint density at radius 1 is 1.30 bits per heavy atom. The molecule has 0 saturated heterocycles. The molecule has 1 aromatic heterocycles. The van der Waals surface area contributed by atoms with Crippen molar-refractivity contribution in [1.82, 2.24) is 4.98 Å². The second-order valence-corrected chi connectivity index (χ2v) is 5.52. The summed E-state index contributed by atoms with van der Waals surface area (Å²) in [5, 5.41) is 9.79. The van der Waals surface area contributed by atoms with Gasteiger partial charge in [-0.15, -0.1) is 0 Å². The molecule has 0 radical (unpaired) electrons. The van der Waals surface area contributed by atoms with Crippen LogP contribution in [0.5, 0.6) is 0 Å². The fraction of sp³-hybridized carbons (Fsp3) is 0.786. The summed E-state index contributed by atoms with van der Waals surface area (Å²) in [4.78, 5) is 4.28. The van der Waals surface area contributed by atoms with Crippen molar-refractivity contribution >= 4 is 0 Å². The fourth-order valence-electron chi connectivity index (χ4n) is 2.77. The fourth-order valence-corrected chi connectivity index (χ4v) is 2.77. The highest BCUT2D eigenvalue weighted by Crippen LogP contribution is 2.43. The first-order chi connectivity index (χ1) is 9.32. The molecule has 20 heavy (non-hydrogen) atoms. The molecule has 1 fully saturated rings. The Labute approximate surface area is 116 Å². The molecular weight excluding hydrogens is 271 g/mol. The SMILES string of the molecule is CCC(O)c1oc([C@H]2CC[C@H](C(F)(F)F)CC2)nc1C. The second kappa shape index (κ2) is 5.76. The minimum atomic E-state index is -4.10. The van der Waals surface area contributed by atoms with Crippen LogP contribution in [0.4, 0.5) is 13.2 Å². The number of hydrogen-bond acceptors (Lipinski definition) is 3. The Kier molecular flexibility index (Phi) is 4.42. The Morgan fingerprint density at radius 3 is 2.40 bits per heavy atom. The highest BCUT2D eigenvalue weighted by atomic mass is 19.4. The summed E-state index contributed by atoms with van der Waals surface area (Å²) < 4.78 is 43.4. The number of halogens is 3. The highest BCUT2D eigenvalue weighted by molar-refractivity contribution is 5.13. The van der Waals surface area contributed by atoms with Gasteiger partial charge in [0.1, 0.15) is 6.10 Å². The second-order valence-electron chi connectivity index (χ2n) is 5.52. The maximum absolute atomic E-state index is 12.6. The van der Waals surface area contributed by atoms with Crippen LogP contribution >= 0.6 is 0 Å². The summed E-state index contributed by atoms with van der Waals surface area (Å²) in [6.07, 6.45) is -3.14. The molecule has 1 aromatic rings. The van der Waals surface area contributed by atoms with E-state index in [1.165, 1.54) is 0 Å². The van der Waals surface area contributed by atoms with Crippen LogP contribution in [0.2, 0.25) is 0 Å². The van der Waals surface area contributed by atoms with Gasteiger partial charge in [-0.05, 0) is 39.0 Å².